The van der Waals surface area contributed by atoms with E-state index in [1.165, 1.54) is 0 Å². The molecule has 2 aromatic rings. The summed E-state index contributed by atoms with van der Waals surface area (Å²) in [6, 6.07) is 3.95. The Labute approximate surface area is 172 Å². The van der Waals surface area contributed by atoms with E-state index in [1.807, 2.05) is 26.0 Å². The largest absolute Gasteiger partial charge is 0.342 e. The number of amides is 1. The van der Waals surface area contributed by atoms with Crippen molar-refractivity contribution in [3.8, 4) is 0 Å². The third kappa shape index (κ3) is 4.75. The Bertz CT molecular complexity index is 856. The highest BCUT2D eigenvalue weighted by Gasteiger charge is 2.31. The van der Waals surface area contributed by atoms with E-state index >= 15 is 0 Å². The summed E-state index contributed by atoms with van der Waals surface area (Å²) in [7, 11) is 2.13. The highest BCUT2D eigenvalue weighted by atomic mass is 16.2. The summed E-state index contributed by atoms with van der Waals surface area (Å²) in [5.41, 5.74) is 2.00. The molecule has 156 valence electrons. The molecule has 0 saturated carbocycles. The molecule has 2 aromatic heterocycles. The van der Waals surface area contributed by atoms with Crippen molar-refractivity contribution in [3.05, 3.63) is 29.3 Å². The smallest absolute Gasteiger partial charge is 0.225 e. The summed E-state index contributed by atoms with van der Waals surface area (Å²) < 4.78 is 0. The van der Waals surface area contributed by atoms with Crippen molar-refractivity contribution >= 4 is 17.5 Å². The number of nitrogens with one attached hydrogen (secondary N) is 2. The molecule has 2 fully saturated rings. The lowest BCUT2D eigenvalue weighted by Gasteiger charge is -2.37. The molecule has 0 aromatic carbocycles. The number of rotatable bonds is 4. The monoisotopic (exact) mass is 397 g/mol. The maximum atomic E-state index is 13.1. The van der Waals surface area contributed by atoms with Crippen LogP contribution in [-0.4, -0.2) is 69.1 Å². The van der Waals surface area contributed by atoms with E-state index in [4.69, 9.17) is 4.98 Å². The lowest BCUT2D eigenvalue weighted by Crippen LogP contribution is -2.45. The van der Waals surface area contributed by atoms with E-state index in [1.54, 1.807) is 0 Å². The second-order valence-electron chi connectivity index (χ2n) is 8.49. The van der Waals surface area contributed by atoms with Gasteiger partial charge >= 0.3 is 0 Å². The molecule has 1 amide bonds. The summed E-state index contributed by atoms with van der Waals surface area (Å²) in [5.74, 6) is 2.99. The molecular formula is C21H31N7O. The molecule has 29 heavy (non-hydrogen) atoms. The first kappa shape index (κ1) is 19.8. The molecule has 1 atom stereocenters. The Morgan fingerprint density at radius 1 is 1.10 bits per heavy atom. The molecule has 2 saturated heterocycles. The van der Waals surface area contributed by atoms with Crippen LogP contribution in [0.15, 0.2) is 12.1 Å². The molecule has 0 bridgehead atoms. The van der Waals surface area contributed by atoms with Crippen molar-refractivity contribution in [2.24, 2.45) is 5.92 Å². The van der Waals surface area contributed by atoms with Gasteiger partial charge in [0.1, 0.15) is 11.6 Å². The lowest BCUT2D eigenvalue weighted by molar-refractivity contribution is -0.138. The molecule has 2 N–H and O–H groups in total. The maximum Gasteiger partial charge on any atom is 0.225 e. The van der Waals surface area contributed by atoms with Crippen LogP contribution in [0, 0.1) is 19.8 Å². The van der Waals surface area contributed by atoms with Crippen LogP contribution in [0.25, 0.3) is 0 Å². The molecule has 2 aliphatic rings. The van der Waals surface area contributed by atoms with Crippen LogP contribution in [0.1, 0.15) is 48.8 Å². The minimum Gasteiger partial charge on any atom is -0.342 e. The van der Waals surface area contributed by atoms with E-state index in [0.29, 0.717) is 5.91 Å². The number of carbonyl (C=O) groups is 1. The number of H-pyrrole nitrogens is 1. The number of aryl methyl sites for hydroxylation is 2. The van der Waals surface area contributed by atoms with Crippen LogP contribution >= 0.6 is 0 Å². The SMILES string of the molecule is Cc1nc(Nc2cc(C)[nH]n2)cc([C@@H]2CCCN(C(=O)C3CCN(C)CC3)C2)n1. The summed E-state index contributed by atoms with van der Waals surface area (Å²) in [6.07, 6.45) is 4.02. The predicted molar refractivity (Wildman–Crippen MR) is 112 cm³/mol. The summed E-state index contributed by atoms with van der Waals surface area (Å²) in [5, 5.41) is 10.4. The Kier molecular flexibility index (Phi) is 5.80. The Hall–Kier alpha value is -2.48. The Morgan fingerprint density at radius 2 is 1.90 bits per heavy atom. The zero-order chi connectivity index (χ0) is 20.4. The van der Waals surface area contributed by atoms with Crippen LogP contribution in [0.3, 0.4) is 0 Å². The van der Waals surface area contributed by atoms with E-state index in [0.717, 1.165) is 80.7 Å². The van der Waals surface area contributed by atoms with Gasteiger partial charge in [-0.15, -0.1) is 0 Å². The highest BCUT2D eigenvalue weighted by Crippen LogP contribution is 2.29. The zero-order valence-corrected chi connectivity index (χ0v) is 17.6. The highest BCUT2D eigenvalue weighted by molar-refractivity contribution is 5.79. The van der Waals surface area contributed by atoms with Gasteiger partial charge < -0.3 is 15.1 Å². The van der Waals surface area contributed by atoms with Gasteiger partial charge in [0.15, 0.2) is 5.82 Å². The van der Waals surface area contributed by atoms with Gasteiger partial charge in [0.2, 0.25) is 5.91 Å². The second kappa shape index (κ2) is 8.49. The number of hydrogen-bond donors (Lipinski definition) is 2. The Balaban J connectivity index is 1.45. The molecule has 4 rings (SSSR count). The maximum absolute atomic E-state index is 13.1. The van der Waals surface area contributed by atoms with Crippen molar-refractivity contribution in [2.45, 2.75) is 45.4 Å². The van der Waals surface area contributed by atoms with E-state index in [2.05, 4.69) is 37.3 Å². The number of hydrogen-bond acceptors (Lipinski definition) is 6. The fraction of sp³-hybridized carbons (Fsp3) is 0.619. The fourth-order valence-corrected chi connectivity index (χ4v) is 4.41. The third-order valence-electron chi connectivity index (χ3n) is 6.04. The Morgan fingerprint density at radius 3 is 2.62 bits per heavy atom. The van der Waals surface area contributed by atoms with Gasteiger partial charge in [-0.05, 0) is 59.7 Å². The number of nitrogens with zero attached hydrogens (tertiary/aromatic N) is 5. The molecular weight excluding hydrogens is 366 g/mol. The first-order chi connectivity index (χ1) is 14.0. The van der Waals surface area contributed by atoms with Gasteiger partial charge in [0, 0.05) is 42.8 Å². The van der Waals surface area contributed by atoms with Gasteiger partial charge in [-0.25, -0.2) is 9.97 Å². The van der Waals surface area contributed by atoms with Crippen molar-refractivity contribution in [1.29, 1.82) is 0 Å². The first-order valence-corrected chi connectivity index (χ1v) is 10.6. The van der Waals surface area contributed by atoms with E-state index < -0.39 is 0 Å². The first-order valence-electron chi connectivity index (χ1n) is 10.6. The minimum atomic E-state index is 0.178. The third-order valence-corrected chi connectivity index (χ3v) is 6.04. The fourth-order valence-electron chi connectivity index (χ4n) is 4.41. The van der Waals surface area contributed by atoms with Crippen molar-refractivity contribution in [1.82, 2.24) is 30.0 Å². The molecule has 2 aliphatic heterocycles. The molecule has 4 heterocycles. The number of aromatic nitrogens is 4. The molecule has 8 heteroatoms. The number of aromatic amines is 1. The lowest BCUT2D eigenvalue weighted by atomic mass is 9.91. The summed E-state index contributed by atoms with van der Waals surface area (Å²) in [6.45, 7) is 7.52. The van der Waals surface area contributed by atoms with Gasteiger partial charge in [0.25, 0.3) is 0 Å². The number of piperidine rings is 2. The minimum absolute atomic E-state index is 0.178. The molecule has 0 spiro atoms. The quantitative estimate of drug-likeness (QED) is 0.824. The number of anilines is 2. The average Bonchev–Trinajstić information content (AvgIpc) is 3.12. The van der Waals surface area contributed by atoms with Crippen molar-refractivity contribution in [3.63, 3.8) is 0 Å². The van der Waals surface area contributed by atoms with Crippen molar-refractivity contribution < 1.29 is 4.79 Å². The predicted octanol–water partition coefficient (Wildman–Crippen LogP) is 2.61. The molecule has 0 unspecified atom stereocenters. The average molecular weight is 398 g/mol. The van der Waals surface area contributed by atoms with Gasteiger partial charge in [-0.3, -0.25) is 9.89 Å². The number of carbonyl (C=O) groups excluding carboxylic acids is 1. The summed E-state index contributed by atoms with van der Waals surface area (Å²) >= 11 is 0. The van der Waals surface area contributed by atoms with Gasteiger partial charge in [-0.1, -0.05) is 0 Å². The van der Waals surface area contributed by atoms with E-state index in [9.17, 15) is 4.79 Å². The van der Waals surface area contributed by atoms with Crippen LogP contribution in [0.2, 0.25) is 0 Å². The van der Waals surface area contributed by atoms with Gasteiger partial charge in [-0.2, -0.15) is 5.10 Å². The van der Waals surface area contributed by atoms with Crippen LogP contribution in [0.5, 0.6) is 0 Å². The van der Waals surface area contributed by atoms with Crippen LogP contribution < -0.4 is 5.32 Å². The summed E-state index contributed by atoms with van der Waals surface area (Å²) in [4.78, 5) is 26.7. The molecule has 8 nitrogen and oxygen atoms in total. The zero-order valence-electron chi connectivity index (χ0n) is 17.6. The van der Waals surface area contributed by atoms with E-state index in [-0.39, 0.29) is 11.8 Å². The number of likely N-dealkylation sites (tertiary alicyclic amines) is 2. The van der Waals surface area contributed by atoms with Crippen LogP contribution in [0.4, 0.5) is 11.6 Å². The molecule has 0 aliphatic carbocycles. The second-order valence-corrected chi connectivity index (χ2v) is 8.49. The van der Waals surface area contributed by atoms with Crippen molar-refractivity contribution in [2.75, 3.05) is 38.5 Å². The van der Waals surface area contributed by atoms with Crippen LogP contribution in [-0.2, 0) is 4.79 Å². The standard InChI is InChI=1S/C21H31N7O/c1-14-11-20(26-25-14)24-19-12-18(22-15(2)23-19)17-5-4-8-28(13-17)21(29)16-6-9-27(3)10-7-16/h11-12,16-17H,4-10,13H2,1-3H3,(H2,22,23,24,25,26)/t17-/m1/s1. The van der Waals surface area contributed by atoms with Gasteiger partial charge in [0.05, 0.1) is 5.69 Å². The molecule has 0 radical (unpaired) electrons. The normalized spacial score (nSPS) is 21.3. The topological polar surface area (TPSA) is 90.0 Å².